The molecule has 0 unspecified atom stereocenters. The van der Waals surface area contributed by atoms with Gasteiger partial charge in [0.15, 0.2) is 0 Å². The van der Waals surface area contributed by atoms with E-state index < -0.39 is 0 Å². The van der Waals surface area contributed by atoms with Crippen LogP contribution in [-0.4, -0.2) is 12.6 Å². The Morgan fingerprint density at radius 1 is 0.594 bits per heavy atom. The van der Waals surface area contributed by atoms with Gasteiger partial charge in [-0.1, -0.05) is 145 Å². The minimum absolute atomic E-state index is 0.118. The van der Waals surface area contributed by atoms with Gasteiger partial charge in [0.05, 0.1) is 13.0 Å². The maximum atomic E-state index is 12.1. The van der Waals surface area contributed by atoms with Gasteiger partial charge in [0, 0.05) is 0 Å². The molecule has 0 aromatic heterocycles. The van der Waals surface area contributed by atoms with Gasteiger partial charge >= 0.3 is 5.97 Å². The number of carbonyl (C=O) groups is 1. The Bertz CT molecular complexity index is 705. The molecule has 2 aromatic carbocycles. The molecule has 0 N–H and O–H groups in total. The fourth-order valence-corrected chi connectivity index (χ4v) is 4.15. The van der Waals surface area contributed by atoms with Crippen LogP contribution in [0.25, 0.3) is 11.1 Å². The van der Waals surface area contributed by atoms with Crippen molar-refractivity contribution in [3.05, 3.63) is 60.2 Å². The zero-order valence-electron chi connectivity index (χ0n) is 20.3. The van der Waals surface area contributed by atoms with E-state index in [2.05, 4.69) is 31.2 Å². The first-order chi connectivity index (χ1) is 15.8. The molecule has 0 fully saturated rings. The van der Waals surface area contributed by atoms with Crippen molar-refractivity contribution in [1.82, 2.24) is 0 Å². The van der Waals surface area contributed by atoms with Crippen LogP contribution in [0.1, 0.15) is 102 Å². The van der Waals surface area contributed by atoms with Crippen LogP contribution in [0, 0.1) is 0 Å². The zero-order chi connectivity index (χ0) is 22.7. The second-order valence-electron chi connectivity index (χ2n) is 9.06. The van der Waals surface area contributed by atoms with Crippen LogP contribution < -0.4 is 0 Å². The van der Waals surface area contributed by atoms with Gasteiger partial charge in [-0.3, -0.25) is 4.79 Å². The molecule has 0 atom stereocenters. The number of esters is 1. The molecule has 0 aliphatic carbocycles. The van der Waals surface area contributed by atoms with Gasteiger partial charge in [-0.05, 0) is 23.1 Å². The lowest BCUT2D eigenvalue weighted by Gasteiger charge is -2.07. The fraction of sp³-hybridized carbons (Fsp3) is 0.567. The van der Waals surface area contributed by atoms with Crippen LogP contribution >= 0.6 is 0 Å². The van der Waals surface area contributed by atoms with Gasteiger partial charge in [-0.25, -0.2) is 0 Å². The van der Waals surface area contributed by atoms with E-state index in [1.165, 1.54) is 88.2 Å². The Morgan fingerprint density at radius 3 is 1.59 bits per heavy atom. The van der Waals surface area contributed by atoms with E-state index in [-0.39, 0.29) is 5.97 Å². The van der Waals surface area contributed by atoms with E-state index in [0.717, 1.165) is 18.4 Å². The number of benzene rings is 2. The standard InChI is InChI=1S/C30H44O2/c1-2-3-4-5-6-7-8-9-10-11-12-13-14-18-25-32-30(31)26-27-21-23-29(24-22-27)28-19-16-15-17-20-28/h15-17,19-24H,2-14,18,25-26H2,1H3. The van der Waals surface area contributed by atoms with Gasteiger partial charge in [0.25, 0.3) is 0 Å². The smallest absolute Gasteiger partial charge is 0.310 e. The molecule has 0 amide bonds. The summed E-state index contributed by atoms with van der Waals surface area (Å²) in [6, 6.07) is 18.5. The molecule has 2 nitrogen and oxygen atoms in total. The van der Waals surface area contributed by atoms with Crippen LogP contribution in [-0.2, 0) is 16.0 Å². The van der Waals surface area contributed by atoms with Crippen LogP contribution in [0.2, 0.25) is 0 Å². The summed E-state index contributed by atoms with van der Waals surface area (Å²) in [5.74, 6) is -0.118. The molecule has 2 rings (SSSR count). The monoisotopic (exact) mass is 436 g/mol. The highest BCUT2D eigenvalue weighted by Crippen LogP contribution is 2.19. The van der Waals surface area contributed by atoms with E-state index in [1.807, 2.05) is 30.3 Å². The number of carbonyl (C=O) groups excluding carboxylic acids is 1. The summed E-state index contributed by atoms with van der Waals surface area (Å²) >= 11 is 0. The third-order valence-corrected chi connectivity index (χ3v) is 6.17. The maximum absolute atomic E-state index is 12.1. The van der Waals surface area contributed by atoms with E-state index in [1.54, 1.807) is 0 Å². The highest BCUT2D eigenvalue weighted by atomic mass is 16.5. The number of rotatable bonds is 18. The molecule has 0 aliphatic heterocycles. The molecule has 0 radical (unpaired) electrons. The van der Waals surface area contributed by atoms with Crippen molar-refractivity contribution in [2.45, 2.75) is 103 Å². The molecular formula is C30H44O2. The molecule has 0 aliphatic rings. The number of ether oxygens (including phenoxy) is 1. The van der Waals surface area contributed by atoms with Gasteiger partial charge in [0.2, 0.25) is 0 Å². The quantitative estimate of drug-likeness (QED) is 0.172. The summed E-state index contributed by atoms with van der Waals surface area (Å²) in [5, 5.41) is 0. The topological polar surface area (TPSA) is 26.3 Å². The minimum atomic E-state index is -0.118. The lowest BCUT2D eigenvalue weighted by atomic mass is 10.0. The molecule has 0 spiro atoms. The first-order valence-corrected chi connectivity index (χ1v) is 13.1. The number of hydrogen-bond acceptors (Lipinski definition) is 2. The average molecular weight is 437 g/mol. The second kappa shape index (κ2) is 17.5. The summed E-state index contributed by atoms with van der Waals surface area (Å²) in [7, 11) is 0. The highest BCUT2D eigenvalue weighted by molar-refractivity contribution is 5.73. The normalized spacial score (nSPS) is 10.9. The second-order valence-corrected chi connectivity index (χ2v) is 9.06. The molecule has 0 saturated heterocycles. The number of unbranched alkanes of at least 4 members (excludes halogenated alkanes) is 13. The predicted octanol–water partition coefficient (Wildman–Crippen LogP) is 8.92. The van der Waals surface area contributed by atoms with E-state index in [0.29, 0.717) is 13.0 Å². The molecule has 0 saturated carbocycles. The van der Waals surface area contributed by atoms with Crippen molar-refractivity contribution in [2.75, 3.05) is 6.61 Å². The van der Waals surface area contributed by atoms with Crippen molar-refractivity contribution in [3.63, 3.8) is 0 Å². The largest absolute Gasteiger partial charge is 0.465 e. The maximum Gasteiger partial charge on any atom is 0.310 e. The van der Waals surface area contributed by atoms with Crippen molar-refractivity contribution in [3.8, 4) is 11.1 Å². The van der Waals surface area contributed by atoms with Crippen LogP contribution in [0.15, 0.2) is 54.6 Å². The van der Waals surface area contributed by atoms with E-state index in [4.69, 9.17) is 4.74 Å². The van der Waals surface area contributed by atoms with E-state index in [9.17, 15) is 4.79 Å². The Morgan fingerprint density at radius 2 is 1.06 bits per heavy atom. The van der Waals surface area contributed by atoms with Crippen molar-refractivity contribution < 1.29 is 9.53 Å². The summed E-state index contributed by atoms with van der Waals surface area (Å²) in [5.41, 5.74) is 3.38. The fourth-order valence-electron chi connectivity index (χ4n) is 4.15. The van der Waals surface area contributed by atoms with Gasteiger partial charge in [-0.2, -0.15) is 0 Å². The van der Waals surface area contributed by atoms with Crippen LogP contribution in [0.5, 0.6) is 0 Å². The highest BCUT2D eigenvalue weighted by Gasteiger charge is 2.05. The van der Waals surface area contributed by atoms with Crippen molar-refractivity contribution in [1.29, 1.82) is 0 Å². The molecule has 2 aromatic rings. The molecule has 0 bridgehead atoms. The molecule has 2 heteroatoms. The lowest BCUT2D eigenvalue weighted by Crippen LogP contribution is -2.09. The zero-order valence-corrected chi connectivity index (χ0v) is 20.3. The van der Waals surface area contributed by atoms with Crippen LogP contribution in [0.3, 0.4) is 0 Å². The Labute approximate surface area is 196 Å². The lowest BCUT2D eigenvalue weighted by molar-refractivity contribution is -0.142. The van der Waals surface area contributed by atoms with Gasteiger partial charge in [0.1, 0.15) is 0 Å². The summed E-state index contributed by atoms with van der Waals surface area (Å²) < 4.78 is 5.43. The van der Waals surface area contributed by atoms with Gasteiger partial charge < -0.3 is 4.74 Å². The summed E-state index contributed by atoms with van der Waals surface area (Å²) in [4.78, 5) is 12.1. The minimum Gasteiger partial charge on any atom is -0.465 e. The van der Waals surface area contributed by atoms with Crippen molar-refractivity contribution in [2.24, 2.45) is 0 Å². The van der Waals surface area contributed by atoms with Crippen LogP contribution in [0.4, 0.5) is 0 Å². The molecule has 0 heterocycles. The predicted molar refractivity (Wildman–Crippen MR) is 137 cm³/mol. The SMILES string of the molecule is CCCCCCCCCCCCCCCCOC(=O)Cc1ccc(-c2ccccc2)cc1. The Hall–Kier alpha value is -2.09. The first-order valence-electron chi connectivity index (χ1n) is 13.1. The van der Waals surface area contributed by atoms with E-state index >= 15 is 0 Å². The van der Waals surface area contributed by atoms with Crippen molar-refractivity contribution >= 4 is 5.97 Å². The third-order valence-electron chi connectivity index (χ3n) is 6.17. The summed E-state index contributed by atoms with van der Waals surface area (Å²) in [6.07, 6.45) is 19.1. The third kappa shape index (κ3) is 12.1. The Kier molecular flexibility index (Phi) is 14.3. The van der Waals surface area contributed by atoms with Gasteiger partial charge in [-0.15, -0.1) is 0 Å². The first kappa shape index (κ1) is 26.2. The molecule has 176 valence electrons. The average Bonchev–Trinajstić information content (AvgIpc) is 2.82. The summed E-state index contributed by atoms with van der Waals surface area (Å²) in [6.45, 7) is 2.83. The molecule has 32 heavy (non-hydrogen) atoms. The molecular weight excluding hydrogens is 392 g/mol. The Balaban J connectivity index is 1.41. The number of hydrogen-bond donors (Lipinski definition) is 0.